The smallest absolute Gasteiger partial charge is 0.0121 e. The molecule has 1 saturated carbocycles. The lowest BCUT2D eigenvalue weighted by molar-refractivity contribution is 0.255. The third-order valence-corrected chi connectivity index (χ3v) is 3.96. The zero-order valence-electron chi connectivity index (χ0n) is 9.55. The summed E-state index contributed by atoms with van der Waals surface area (Å²) in [6.45, 7) is 4.83. The van der Waals surface area contributed by atoms with E-state index < -0.39 is 0 Å². The highest BCUT2D eigenvalue weighted by Crippen LogP contribution is 2.37. The molecule has 2 aliphatic carbocycles. The SMILES string of the molecule is CC1(C)CCCC1NC1CC=CCC1. The van der Waals surface area contributed by atoms with Gasteiger partial charge in [0.05, 0.1) is 0 Å². The summed E-state index contributed by atoms with van der Waals surface area (Å²) in [5, 5.41) is 3.86. The van der Waals surface area contributed by atoms with Crippen LogP contribution in [0.25, 0.3) is 0 Å². The van der Waals surface area contributed by atoms with Crippen LogP contribution in [0.4, 0.5) is 0 Å². The van der Waals surface area contributed by atoms with Gasteiger partial charge in [-0.05, 0) is 37.5 Å². The number of nitrogens with one attached hydrogen (secondary N) is 1. The second-order valence-electron chi connectivity index (χ2n) is 5.58. The third kappa shape index (κ3) is 2.20. The van der Waals surface area contributed by atoms with E-state index in [2.05, 4.69) is 31.3 Å². The van der Waals surface area contributed by atoms with Crippen molar-refractivity contribution in [2.45, 2.75) is 64.5 Å². The first-order valence-corrected chi connectivity index (χ1v) is 6.09. The summed E-state index contributed by atoms with van der Waals surface area (Å²) in [5.41, 5.74) is 0.529. The van der Waals surface area contributed by atoms with Crippen molar-refractivity contribution in [2.24, 2.45) is 5.41 Å². The maximum absolute atomic E-state index is 3.86. The molecule has 2 aliphatic rings. The molecule has 80 valence electrons. The fraction of sp³-hybridized carbons (Fsp3) is 0.846. The number of hydrogen-bond acceptors (Lipinski definition) is 1. The molecule has 0 amide bonds. The van der Waals surface area contributed by atoms with E-state index in [-0.39, 0.29) is 0 Å². The lowest BCUT2D eigenvalue weighted by Crippen LogP contribution is -2.44. The highest BCUT2D eigenvalue weighted by Gasteiger charge is 2.35. The Morgan fingerprint density at radius 3 is 2.64 bits per heavy atom. The molecule has 2 unspecified atom stereocenters. The molecule has 0 aromatic heterocycles. The topological polar surface area (TPSA) is 12.0 Å². The monoisotopic (exact) mass is 193 g/mol. The summed E-state index contributed by atoms with van der Waals surface area (Å²) >= 11 is 0. The summed E-state index contributed by atoms with van der Waals surface area (Å²) in [4.78, 5) is 0. The van der Waals surface area contributed by atoms with Crippen LogP contribution in [0.3, 0.4) is 0 Å². The molecule has 0 saturated heterocycles. The van der Waals surface area contributed by atoms with Crippen LogP contribution >= 0.6 is 0 Å². The summed E-state index contributed by atoms with van der Waals surface area (Å²) in [5.74, 6) is 0. The summed E-state index contributed by atoms with van der Waals surface area (Å²) < 4.78 is 0. The summed E-state index contributed by atoms with van der Waals surface area (Å²) in [7, 11) is 0. The van der Waals surface area contributed by atoms with Crippen molar-refractivity contribution in [2.75, 3.05) is 0 Å². The predicted molar refractivity (Wildman–Crippen MR) is 61.3 cm³/mol. The van der Waals surface area contributed by atoms with E-state index in [4.69, 9.17) is 0 Å². The lowest BCUT2D eigenvalue weighted by atomic mass is 9.86. The molecule has 1 nitrogen and oxygen atoms in total. The second-order valence-corrected chi connectivity index (χ2v) is 5.58. The van der Waals surface area contributed by atoms with Gasteiger partial charge >= 0.3 is 0 Å². The van der Waals surface area contributed by atoms with Gasteiger partial charge in [0.1, 0.15) is 0 Å². The van der Waals surface area contributed by atoms with Crippen molar-refractivity contribution in [3.8, 4) is 0 Å². The van der Waals surface area contributed by atoms with Gasteiger partial charge in [0.25, 0.3) is 0 Å². The van der Waals surface area contributed by atoms with Crippen LogP contribution in [0, 0.1) is 5.41 Å². The predicted octanol–water partition coefficient (Wildman–Crippen LogP) is 3.26. The van der Waals surface area contributed by atoms with Crippen molar-refractivity contribution in [1.29, 1.82) is 0 Å². The molecule has 0 spiro atoms. The van der Waals surface area contributed by atoms with Crippen LogP contribution in [0.5, 0.6) is 0 Å². The third-order valence-electron chi connectivity index (χ3n) is 3.96. The number of allylic oxidation sites excluding steroid dienone is 1. The van der Waals surface area contributed by atoms with Crippen LogP contribution in [0.15, 0.2) is 12.2 Å². The molecule has 0 bridgehead atoms. The molecule has 0 aromatic carbocycles. The van der Waals surface area contributed by atoms with Gasteiger partial charge in [-0.1, -0.05) is 32.4 Å². The van der Waals surface area contributed by atoms with E-state index in [0.717, 1.165) is 12.1 Å². The van der Waals surface area contributed by atoms with Gasteiger partial charge in [0, 0.05) is 12.1 Å². The van der Waals surface area contributed by atoms with Gasteiger partial charge in [0.2, 0.25) is 0 Å². The molecule has 0 radical (unpaired) electrons. The molecule has 0 aliphatic heterocycles. The first kappa shape index (κ1) is 10.2. The van der Waals surface area contributed by atoms with Crippen molar-refractivity contribution < 1.29 is 0 Å². The van der Waals surface area contributed by atoms with Gasteiger partial charge in [-0.2, -0.15) is 0 Å². The molecule has 0 heterocycles. The molecule has 1 N–H and O–H groups in total. The van der Waals surface area contributed by atoms with Crippen molar-refractivity contribution >= 4 is 0 Å². The van der Waals surface area contributed by atoms with Gasteiger partial charge in [-0.15, -0.1) is 0 Å². The Morgan fingerprint density at radius 1 is 1.21 bits per heavy atom. The fourth-order valence-corrected chi connectivity index (χ4v) is 2.87. The first-order valence-electron chi connectivity index (χ1n) is 6.09. The average molecular weight is 193 g/mol. The van der Waals surface area contributed by atoms with Crippen molar-refractivity contribution in [3.63, 3.8) is 0 Å². The molecule has 0 aromatic rings. The van der Waals surface area contributed by atoms with Crippen LogP contribution in [0.1, 0.15) is 52.4 Å². The molecule has 14 heavy (non-hydrogen) atoms. The van der Waals surface area contributed by atoms with Gasteiger partial charge in [-0.3, -0.25) is 0 Å². The van der Waals surface area contributed by atoms with E-state index in [0.29, 0.717) is 5.41 Å². The van der Waals surface area contributed by atoms with Crippen LogP contribution in [0.2, 0.25) is 0 Å². The van der Waals surface area contributed by atoms with Crippen molar-refractivity contribution in [3.05, 3.63) is 12.2 Å². The minimum Gasteiger partial charge on any atom is -0.310 e. The van der Waals surface area contributed by atoms with Crippen LogP contribution in [-0.2, 0) is 0 Å². The summed E-state index contributed by atoms with van der Waals surface area (Å²) in [6.07, 6.45) is 12.7. The van der Waals surface area contributed by atoms with E-state index >= 15 is 0 Å². The van der Waals surface area contributed by atoms with E-state index in [1.165, 1.54) is 38.5 Å². The highest BCUT2D eigenvalue weighted by molar-refractivity contribution is 4.97. The Morgan fingerprint density at radius 2 is 2.07 bits per heavy atom. The fourth-order valence-electron chi connectivity index (χ4n) is 2.87. The Labute approximate surface area is 88.0 Å². The quantitative estimate of drug-likeness (QED) is 0.664. The van der Waals surface area contributed by atoms with Gasteiger partial charge in [0.15, 0.2) is 0 Å². The maximum atomic E-state index is 3.86. The molecular weight excluding hydrogens is 170 g/mol. The van der Waals surface area contributed by atoms with Crippen molar-refractivity contribution in [1.82, 2.24) is 5.32 Å². The Balaban J connectivity index is 1.87. The molecular formula is C13H23N. The molecule has 2 atom stereocenters. The van der Waals surface area contributed by atoms with Gasteiger partial charge < -0.3 is 5.32 Å². The zero-order valence-corrected chi connectivity index (χ0v) is 9.55. The normalized spacial score (nSPS) is 36.1. The number of rotatable bonds is 2. The second kappa shape index (κ2) is 4.06. The minimum absolute atomic E-state index is 0.529. The number of hydrogen-bond donors (Lipinski definition) is 1. The zero-order chi connectivity index (χ0) is 10.0. The largest absolute Gasteiger partial charge is 0.310 e. The molecule has 1 fully saturated rings. The lowest BCUT2D eigenvalue weighted by Gasteiger charge is -2.32. The Hall–Kier alpha value is -0.300. The van der Waals surface area contributed by atoms with Gasteiger partial charge in [-0.25, -0.2) is 0 Å². The first-order chi connectivity index (χ1) is 6.68. The Kier molecular flexibility index (Phi) is 2.96. The average Bonchev–Trinajstić information content (AvgIpc) is 2.48. The Bertz CT molecular complexity index is 217. The van der Waals surface area contributed by atoms with E-state index in [1.807, 2.05) is 0 Å². The highest BCUT2D eigenvalue weighted by atomic mass is 15.0. The standard InChI is InChI=1S/C13H23N/c1-13(2)10-6-9-12(13)14-11-7-4-3-5-8-11/h3-4,11-12,14H,5-10H2,1-2H3. The van der Waals surface area contributed by atoms with Crippen LogP contribution < -0.4 is 5.32 Å². The van der Waals surface area contributed by atoms with E-state index in [9.17, 15) is 0 Å². The van der Waals surface area contributed by atoms with Crippen LogP contribution in [-0.4, -0.2) is 12.1 Å². The molecule has 1 heteroatoms. The summed E-state index contributed by atoms with van der Waals surface area (Å²) in [6, 6.07) is 1.52. The maximum Gasteiger partial charge on any atom is 0.0121 e. The van der Waals surface area contributed by atoms with E-state index in [1.54, 1.807) is 0 Å². The molecule has 2 rings (SSSR count). The minimum atomic E-state index is 0.529.